The Morgan fingerprint density at radius 2 is 1.95 bits per heavy atom. The Balaban J connectivity index is 2.04. The van der Waals surface area contributed by atoms with Crippen LogP contribution >= 0.6 is 0 Å². The highest BCUT2D eigenvalue weighted by Gasteiger charge is 2.11. The highest BCUT2D eigenvalue weighted by atomic mass is 16.5. The van der Waals surface area contributed by atoms with Gasteiger partial charge in [-0.05, 0) is 36.8 Å². The van der Waals surface area contributed by atoms with Crippen LogP contribution in [0.15, 0.2) is 48.7 Å². The molecule has 19 heavy (non-hydrogen) atoms. The molecule has 1 aromatic carbocycles. The fraction of sp³-hybridized carbons (Fsp3) is 0.200. The standard InChI is InChI=1S/C15H16N2O2/c1-11(12-6-8-13(19-2)9-7-12)17-15(18)14-5-3-4-10-16-14/h3-11H,1-2H3,(H,17,18)/t11-/m1/s1. The molecule has 1 amide bonds. The summed E-state index contributed by atoms with van der Waals surface area (Å²) in [5.41, 5.74) is 1.44. The zero-order chi connectivity index (χ0) is 13.7. The minimum Gasteiger partial charge on any atom is -0.497 e. The van der Waals surface area contributed by atoms with Crippen LogP contribution in [0.4, 0.5) is 0 Å². The molecule has 1 N–H and O–H groups in total. The quantitative estimate of drug-likeness (QED) is 0.914. The highest BCUT2D eigenvalue weighted by molar-refractivity contribution is 5.92. The van der Waals surface area contributed by atoms with Crippen LogP contribution in [0.2, 0.25) is 0 Å². The smallest absolute Gasteiger partial charge is 0.270 e. The number of benzene rings is 1. The topological polar surface area (TPSA) is 51.2 Å². The van der Waals surface area contributed by atoms with E-state index in [0.29, 0.717) is 5.69 Å². The van der Waals surface area contributed by atoms with Crippen molar-refractivity contribution < 1.29 is 9.53 Å². The molecular weight excluding hydrogens is 240 g/mol. The van der Waals surface area contributed by atoms with Crippen molar-refractivity contribution in [1.82, 2.24) is 10.3 Å². The molecule has 0 bridgehead atoms. The summed E-state index contributed by atoms with van der Waals surface area (Å²) in [6, 6.07) is 12.8. The Labute approximate surface area is 112 Å². The van der Waals surface area contributed by atoms with Gasteiger partial charge in [-0.3, -0.25) is 9.78 Å². The first-order chi connectivity index (χ1) is 9.20. The second kappa shape index (κ2) is 6.00. The first kappa shape index (κ1) is 13.1. The second-order valence-corrected chi connectivity index (χ2v) is 4.18. The Morgan fingerprint density at radius 1 is 1.21 bits per heavy atom. The van der Waals surface area contributed by atoms with Gasteiger partial charge in [0.2, 0.25) is 0 Å². The lowest BCUT2D eigenvalue weighted by molar-refractivity contribution is 0.0935. The molecule has 4 heteroatoms. The lowest BCUT2D eigenvalue weighted by Gasteiger charge is -2.14. The Morgan fingerprint density at radius 3 is 2.53 bits per heavy atom. The summed E-state index contributed by atoms with van der Waals surface area (Å²) in [6.07, 6.45) is 1.60. The van der Waals surface area contributed by atoms with Crippen LogP contribution in [0.1, 0.15) is 29.0 Å². The molecular formula is C15H16N2O2. The zero-order valence-electron chi connectivity index (χ0n) is 11.0. The molecule has 0 aliphatic carbocycles. The zero-order valence-corrected chi connectivity index (χ0v) is 11.0. The predicted molar refractivity (Wildman–Crippen MR) is 73.1 cm³/mol. The SMILES string of the molecule is COc1ccc([C@@H](C)NC(=O)c2ccccn2)cc1. The number of carbonyl (C=O) groups excluding carboxylic acids is 1. The maximum atomic E-state index is 12.0. The van der Waals surface area contributed by atoms with E-state index in [4.69, 9.17) is 4.74 Å². The molecule has 1 atom stereocenters. The van der Waals surface area contributed by atoms with Gasteiger partial charge in [-0.2, -0.15) is 0 Å². The molecule has 1 heterocycles. The van der Waals surface area contributed by atoms with Gasteiger partial charge in [0, 0.05) is 6.20 Å². The van der Waals surface area contributed by atoms with E-state index >= 15 is 0 Å². The van der Waals surface area contributed by atoms with Gasteiger partial charge in [-0.1, -0.05) is 18.2 Å². The summed E-state index contributed by atoms with van der Waals surface area (Å²) in [6.45, 7) is 1.93. The van der Waals surface area contributed by atoms with E-state index in [1.807, 2.05) is 31.2 Å². The monoisotopic (exact) mass is 256 g/mol. The molecule has 2 rings (SSSR count). The van der Waals surface area contributed by atoms with Gasteiger partial charge >= 0.3 is 0 Å². The second-order valence-electron chi connectivity index (χ2n) is 4.18. The minimum absolute atomic E-state index is 0.0830. The van der Waals surface area contributed by atoms with Crippen LogP contribution in [-0.2, 0) is 0 Å². The third kappa shape index (κ3) is 3.31. The number of hydrogen-bond acceptors (Lipinski definition) is 3. The van der Waals surface area contributed by atoms with Crippen LogP contribution in [0.25, 0.3) is 0 Å². The van der Waals surface area contributed by atoms with Crippen LogP contribution in [0.5, 0.6) is 5.75 Å². The van der Waals surface area contributed by atoms with Gasteiger partial charge in [-0.25, -0.2) is 0 Å². The average molecular weight is 256 g/mol. The van der Waals surface area contributed by atoms with E-state index in [0.717, 1.165) is 11.3 Å². The number of hydrogen-bond donors (Lipinski definition) is 1. The molecule has 0 aliphatic rings. The molecule has 0 fully saturated rings. The number of aromatic nitrogens is 1. The number of nitrogens with one attached hydrogen (secondary N) is 1. The summed E-state index contributed by atoms with van der Waals surface area (Å²) in [4.78, 5) is 16.0. The Kier molecular flexibility index (Phi) is 4.13. The molecule has 0 aliphatic heterocycles. The normalized spacial score (nSPS) is 11.7. The number of carbonyl (C=O) groups is 1. The van der Waals surface area contributed by atoms with Crippen LogP contribution in [-0.4, -0.2) is 18.0 Å². The molecule has 4 nitrogen and oxygen atoms in total. The van der Waals surface area contributed by atoms with Crippen molar-refractivity contribution in [2.45, 2.75) is 13.0 Å². The fourth-order valence-electron chi connectivity index (χ4n) is 1.74. The first-order valence-electron chi connectivity index (χ1n) is 6.06. The van der Waals surface area contributed by atoms with Crippen molar-refractivity contribution in [1.29, 1.82) is 0 Å². The lowest BCUT2D eigenvalue weighted by atomic mass is 10.1. The van der Waals surface area contributed by atoms with Gasteiger partial charge in [0.05, 0.1) is 13.2 Å². The largest absolute Gasteiger partial charge is 0.497 e. The summed E-state index contributed by atoms with van der Waals surface area (Å²) < 4.78 is 5.10. The van der Waals surface area contributed by atoms with E-state index in [2.05, 4.69) is 10.3 Å². The Hall–Kier alpha value is -2.36. The predicted octanol–water partition coefficient (Wildman–Crippen LogP) is 2.58. The lowest BCUT2D eigenvalue weighted by Crippen LogP contribution is -2.27. The summed E-state index contributed by atoms with van der Waals surface area (Å²) >= 11 is 0. The van der Waals surface area contributed by atoms with E-state index < -0.39 is 0 Å². The summed E-state index contributed by atoms with van der Waals surface area (Å²) in [5.74, 6) is 0.621. The molecule has 2 aromatic rings. The van der Waals surface area contributed by atoms with Crippen molar-refractivity contribution in [2.75, 3.05) is 7.11 Å². The number of amides is 1. The van der Waals surface area contributed by atoms with E-state index in [1.54, 1.807) is 31.5 Å². The fourth-order valence-corrected chi connectivity index (χ4v) is 1.74. The maximum Gasteiger partial charge on any atom is 0.270 e. The van der Waals surface area contributed by atoms with E-state index in [-0.39, 0.29) is 11.9 Å². The molecule has 0 saturated carbocycles. The first-order valence-corrected chi connectivity index (χ1v) is 6.06. The van der Waals surface area contributed by atoms with Gasteiger partial charge < -0.3 is 10.1 Å². The molecule has 1 aromatic heterocycles. The number of nitrogens with zero attached hydrogens (tertiary/aromatic N) is 1. The maximum absolute atomic E-state index is 12.0. The van der Waals surface area contributed by atoms with Gasteiger partial charge in [0.1, 0.15) is 11.4 Å². The average Bonchev–Trinajstić information content (AvgIpc) is 2.48. The molecule has 0 radical (unpaired) electrons. The minimum atomic E-state index is -0.177. The number of rotatable bonds is 4. The highest BCUT2D eigenvalue weighted by Crippen LogP contribution is 2.17. The van der Waals surface area contributed by atoms with Gasteiger partial charge in [0.25, 0.3) is 5.91 Å². The van der Waals surface area contributed by atoms with Crippen molar-refractivity contribution in [3.63, 3.8) is 0 Å². The van der Waals surface area contributed by atoms with Crippen molar-refractivity contribution in [3.8, 4) is 5.75 Å². The molecule has 98 valence electrons. The summed E-state index contributed by atoms with van der Waals surface area (Å²) in [7, 11) is 1.63. The summed E-state index contributed by atoms with van der Waals surface area (Å²) in [5, 5.41) is 2.91. The Bertz CT molecular complexity index is 538. The van der Waals surface area contributed by atoms with Crippen molar-refractivity contribution >= 4 is 5.91 Å². The van der Waals surface area contributed by atoms with Crippen LogP contribution < -0.4 is 10.1 Å². The van der Waals surface area contributed by atoms with Crippen molar-refractivity contribution in [3.05, 3.63) is 59.9 Å². The van der Waals surface area contributed by atoms with Gasteiger partial charge in [-0.15, -0.1) is 0 Å². The van der Waals surface area contributed by atoms with E-state index in [1.165, 1.54) is 0 Å². The molecule has 0 unspecified atom stereocenters. The molecule has 0 saturated heterocycles. The van der Waals surface area contributed by atoms with E-state index in [9.17, 15) is 4.79 Å². The van der Waals surface area contributed by atoms with Crippen molar-refractivity contribution in [2.24, 2.45) is 0 Å². The van der Waals surface area contributed by atoms with Crippen LogP contribution in [0.3, 0.4) is 0 Å². The number of pyridine rings is 1. The number of methoxy groups -OCH3 is 1. The van der Waals surface area contributed by atoms with Crippen LogP contribution in [0, 0.1) is 0 Å². The molecule has 0 spiro atoms. The third-order valence-electron chi connectivity index (χ3n) is 2.86. The third-order valence-corrected chi connectivity index (χ3v) is 2.86. The van der Waals surface area contributed by atoms with Gasteiger partial charge in [0.15, 0.2) is 0 Å². The number of ether oxygens (including phenoxy) is 1.